The lowest BCUT2D eigenvalue weighted by Gasteiger charge is -2.19. The van der Waals surface area contributed by atoms with Crippen LogP contribution in [0.2, 0.25) is 0 Å². The van der Waals surface area contributed by atoms with Crippen molar-refractivity contribution in [2.45, 2.75) is 38.9 Å². The summed E-state index contributed by atoms with van der Waals surface area (Å²) in [7, 11) is 1.88. The van der Waals surface area contributed by atoms with Crippen LogP contribution in [-0.2, 0) is 29.6 Å². The van der Waals surface area contributed by atoms with E-state index in [2.05, 4.69) is 31.8 Å². The van der Waals surface area contributed by atoms with Gasteiger partial charge in [-0.2, -0.15) is 10.2 Å². The molecule has 40 heavy (non-hydrogen) atoms. The molecule has 9 nitrogen and oxygen atoms in total. The number of aromatic nitrogens is 5. The molecular formula is C30H31N7O2S. The summed E-state index contributed by atoms with van der Waals surface area (Å²) in [6.07, 6.45) is 8.11. The topological polar surface area (TPSA) is 113 Å². The zero-order valence-corrected chi connectivity index (χ0v) is 23.9. The predicted molar refractivity (Wildman–Crippen MR) is 160 cm³/mol. The maximum atomic E-state index is 13.4. The minimum atomic E-state index is -1.60. The monoisotopic (exact) mass is 553 g/mol. The van der Waals surface area contributed by atoms with Gasteiger partial charge in [-0.15, -0.1) is 0 Å². The molecule has 204 valence electrons. The summed E-state index contributed by atoms with van der Waals surface area (Å²) in [6.45, 7) is 7.55. The van der Waals surface area contributed by atoms with E-state index in [4.69, 9.17) is 0 Å². The third-order valence-electron chi connectivity index (χ3n) is 6.41. The first-order valence-corrected chi connectivity index (χ1v) is 14.1. The minimum absolute atomic E-state index is 0.133. The average Bonchev–Trinajstić information content (AvgIpc) is 3.57. The summed E-state index contributed by atoms with van der Waals surface area (Å²) < 4.78 is 20.2. The summed E-state index contributed by atoms with van der Waals surface area (Å²) in [5.74, 6) is -0.424. The van der Waals surface area contributed by atoms with Crippen LogP contribution in [0.25, 0.3) is 27.9 Å². The summed E-state index contributed by atoms with van der Waals surface area (Å²) in [5.41, 5.74) is 6.96. The van der Waals surface area contributed by atoms with E-state index in [9.17, 15) is 9.35 Å². The van der Waals surface area contributed by atoms with Gasteiger partial charge in [0.2, 0.25) is 0 Å². The Morgan fingerprint density at radius 3 is 2.35 bits per heavy atom. The van der Waals surface area contributed by atoms with Crippen LogP contribution in [-0.4, -0.2) is 45.3 Å². The number of rotatable bonds is 7. The fourth-order valence-corrected chi connectivity index (χ4v) is 4.75. The highest BCUT2D eigenvalue weighted by Gasteiger charge is 2.29. The number of fused-ring (bicyclic) bond motifs is 1. The molecule has 0 fully saturated rings. The van der Waals surface area contributed by atoms with Crippen molar-refractivity contribution in [3.63, 3.8) is 0 Å². The summed E-state index contributed by atoms with van der Waals surface area (Å²) in [5, 5.41) is 11.5. The van der Waals surface area contributed by atoms with Crippen molar-refractivity contribution >= 4 is 34.2 Å². The van der Waals surface area contributed by atoms with E-state index in [0.717, 1.165) is 39.9 Å². The van der Waals surface area contributed by atoms with E-state index in [-0.39, 0.29) is 5.71 Å². The van der Waals surface area contributed by atoms with Crippen molar-refractivity contribution in [2.75, 3.05) is 5.32 Å². The van der Waals surface area contributed by atoms with E-state index in [1.165, 1.54) is 6.33 Å². The van der Waals surface area contributed by atoms with Gasteiger partial charge >= 0.3 is 0 Å². The van der Waals surface area contributed by atoms with Gasteiger partial charge in [-0.3, -0.25) is 9.48 Å². The Kier molecular flexibility index (Phi) is 7.55. The molecule has 2 aromatic carbocycles. The molecule has 10 heteroatoms. The number of aryl methyl sites for hydroxylation is 2. The first-order valence-electron chi connectivity index (χ1n) is 13.0. The largest absolute Gasteiger partial charge is 0.591 e. The van der Waals surface area contributed by atoms with Crippen LogP contribution < -0.4 is 5.32 Å². The van der Waals surface area contributed by atoms with E-state index < -0.39 is 22.0 Å². The predicted octanol–water partition coefficient (Wildman–Crippen LogP) is 5.25. The van der Waals surface area contributed by atoms with Gasteiger partial charge in [0.05, 0.1) is 17.4 Å². The Morgan fingerprint density at radius 2 is 1.73 bits per heavy atom. The molecule has 0 bridgehead atoms. The lowest BCUT2D eigenvalue weighted by molar-refractivity contribution is -0.110. The van der Waals surface area contributed by atoms with Crippen LogP contribution in [0.3, 0.4) is 0 Å². The minimum Gasteiger partial charge on any atom is -0.591 e. The van der Waals surface area contributed by atoms with Crippen molar-refractivity contribution in [2.24, 2.45) is 11.4 Å². The first kappa shape index (κ1) is 27.3. The zero-order chi connectivity index (χ0) is 28.4. The number of amides is 1. The second-order valence-electron chi connectivity index (χ2n) is 10.5. The van der Waals surface area contributed by atoms with Crippen LogP contribution >= 0.6 is 0 Å². The molecule has 1 N–H and O–H groups in total. The van der Waals surface area contributed by atoms with Crippen molar-refractivity contribution in [3.05, 3.63) is 90.6 Å². The number of benzene rings is 2. The van der Waals surface area contributed by atoms with E-state index in [1.807, 2.05) is 101 Å². The molecule has 1 atom stereocenters. The molecule has 3 aromatic heterocycles. The SMILES string of the molecule is CCc1ccc(/C(=N/[S+]([O-])C(C)(C)C)C(=O)Nc2ccc(-c3ncnn4cc(-c5cnn(C)c5)cc34)cc2)cc1. The van der Waals surface area contributed by atoms with Crippen LogP contribution in [0.1, 0.15) is 38.8 Å². The van der Waals surface area contributed by atoms with Gasteiger partial charge in [-0.05, 0) is 51.0 Å². The zero-order valence-electron chi connectivity index (χ0n) is 23.1. The van der Waals surface area contributed by atoms with Crippen molar-refractivity contribution in [1.82, 2.24) is 24.4 Å². The second-order valence-corrected chi connectivity index (χ2v) is 12.4. The molecule has 3 heterocycles. The normalized spacial score (nSPS) is 13.0. The maximum absolute atomic E-state index is 13.4. The molecule has 0 aliphatic rings. The highest BCUT2D eigenvalue weighted by atomic mass is 32.2. The van der Waals surface area contributed by atoms with Gasteiger partial charge in [0.25, 0.3) is 5.91 Å². The summed E-state index contributed by atoms with van der Waals surface area (Å²) in [6, 6.07) is 17.1. The Labute approximate surface area is 236 Å². The molecule has 1 unspecified atom stereocenters. The Morgan fingerprint density at radius 1 is 1.00 bits per heavy atom. The number of carbonyl (C=O) groups is 1. The Balaban J connectivity index is 1.41. The molecule has 0 radical (unpaired) electrons. The van der Waals surface area contributed by atoms with E-state index in [0.29, 0.717) is 11.3 Å². The van der Waals surface area contributed by atoms with Gasteiger partial charge in [0.1, 0.15) is 22.4 Å². The number of anilines is 1. The molecule has 0 saturated heterocycles. The summed E-state index contributed by atoms with van der Waals surface area (Å²) >= 11 is -1.60. The van der Waals surface area contributed by atoms with Crippen LogP contribution in [0.5, 0.6) is 0 Å². The van der Waals surface area contributed by atoms with Crippen molar-refractivity contribution in [3.8, 4) is 22.4 Å². The lowest BCUT2D eigenvalue weighted by atomic mass is 10.1. The second kappa shape index (κ2) is 11.1. The number of nitrogens with zero attached hydrogens (tertiary/aromatic N) is 6. The van der Waals surface area contributed by atoms with Crippen LogP contribution in [0, 0.1) is 0 Å². The summed E-state index contributed by atoms with van der Waals surface area (Å²) in [4.78, 5) is 17.9. The highest BCUT2D eigenvalue weighted by molar-refractivity contribution is 7.91. The fraction of sp³-hybridized carbons (Fsp3) is 0.233. The fourth-order valence-electron chi connectivity index (χ4n) is 4.13. The third-order valence-corrected chi connectivity index (χ3v) is 7.81. The molecular weight excluding hydrogens is 522 g/mol. The van der Waals surface area contributed by atoms with E-state index in [1.54, 1.807) is 9.20 Å². The number of hydrogen-bond donors (Lipinski definition) is 1. The highest BCUT2D eigenvalue weighted by Crippen LogP contribution is 2.28. The molecule has 0 spiro atoms. The third kappa shape index (κ3) is 5.83. The number of carbonyl (C=O) groups excluding carboxylic acids is 1. The maximum Gasteiger partial charge on any atom is 0.279 e. The molecule has 0 aliphatic heterocycles. The standard InChI is InChI=1S/C30H31N7O2S/c1-6-20-7-9-22(10-8-20)28(35-40(39)30(2,3)4)29(38)34-25-13-11-21(12-14-25)27-26-15-23(18-37(26)33-19-31-27)24-16-32-36(5)17-24/h7-19H,6H2,1-5H3,(H,34,38)/b35-28-. The van der Waals surface area contributed by atoms with Crippen LogP contribution in [0.4, 0.5) is 5.69 Å². The first-order chi connectivity index (χ1) is 19.1. The van der Waals surface area contributed by atoms with Gasteiger partial charge in [0, 0.05) is 47.4 Å². The molecule has 5 rings (SSSR count). The number of hydrogen-bond acceptors (Lipinski definition) is 6. The Bertz CT molecular complexity index is 1680. The van der Waals surface area contributed by atoms with Gasteiger partial charge < -0.3 is 9.87 Å². The van der Waals surface area contributed by atoms with Crippen molar-refractivity contribution < 1.29 is 9.35 Å². The molecule has 0 saturated carbocycles. The smallest absolute Gasteiger partial charge is 0.279 e. The molecule has 0 aliphatic carbocycles. The molecule has 5 aromatic rings. The Hall–Kier alpha value is -4.28. The van der Waals surface area contributed by atoms with Crippen molar-refractivity contribution in [1.29, 1.82) is 0 Å². The van der Waals surface area contributed by atoms with Crippen LogP contribution in [0.15, 0.2) is 83.9 Å². The van der Waals surface area contributed by atoms with Gasteiger partial charge in [-0.1, -0.05) is 47.7 Å². The lowest BCUT2D eigenvalue weighted by Crippen LogP contribution is -2.31. The number of nitrogens with one attached hydrogen (secondary N) is 1. The average molecular weight is 554 g/mol. The van der Waals surface area contributed by atoms with Gasteiger partial charge in [0.15, 0.2) is 5.71 Å². The quantitative estimate of drug-likeness (QED) is 0.219. The van der Waals surface area contributed by atoms with Gasteiger partial charge in [-0.25, -0.2) is 9.50 Å². The molecule has 1 amide bonds. The van der Waals surface area contributed by atoms with E-state index >= 15 is 0 Å².